The first-order chi connectivity index (χ1) is 38.2. The summed E-state index contributed by atoms with van der Waals surface area (Å²) in [5, 5.41) is 10.1. The Morgan fingerprint density at radius 3 is 2.11 bits per heavy atom. The van der Waals surface area contributed by atoms with Gasteiger partial charge in [-0.2, -0.15) is 14.0 Å². The van der Waals surface area contributed by atoms with E-state index in [0.29, 0.717) is 113 Å². The second kappa shape index (κ2) is 23.9. The van der Waals surface area contributed by atoms with Gasteiger partial charge >= 0.3 is 6.55 Å². The van der Waals surface area contributed by atoms with Crippen molar-refractivity contribution in [1.29, 1.82) is 5.26 Å². The van der Waals surface area contributed by atoms with E-state index in [0.717, 1.165) is 29.8 Å². The van der Waals surface area contributed by atoms with Crippen molar-refractivity contribution < 1.29 is 41.5 Å². The summed E-state index contributed by atoms with van der Waals surface area (Å²) in [6, 6.07) is 28.5. The summed E-state index contributed by atoms with van der Waals surface area (Å²) in [6.45, 7) is 20.5. The lowest BCUT2D eigenvalue weighted by Gasteiger charge is -2.42. The Bertz CT molecular complexity index is 3300. The number of hydrogen-bond donors (Lipinski definition) is 0. The molecule has 0 unspecified atom stereocenters. The van der Waals surface area contributed by atoms with Crippen molar-refractivity contribution in [2.45, 2.75) is 124 Å². The lowest BCUT2D eigenvalue weighted by atomic mass is 9.89. The molecule has 422 valence electrons. The van der Waals surface area contributed by atoms with Gasteiger partial charge in [-0.15, -0.1) is 0 Å². The van der Waals surface area contributed by atoms with Gasteiger partial charge < -0.3 is 28.3 Å². The van der Waals surface area contributed by atoms with Crippen LogP contribution in [0.1, 0.15) is 121 Å². The SMILES string of the molecule is Cc1c(C(=O)N(c2ccc(O[Si](C(C)C)(C(C)C)C(C)C)cc2)c2cc(C#N)n(C(F)F)c2C)cc(-c2cc3c(cc2C(=O)N2Cc4ccccc4C[C@H]2C)CN(C(=O)Cc2ccc(OCCN4CCOCC4)cc2F)CC3)n1C. The summed E-state index contributed by atoms with van der Waals surface area (Å²) in [7, 11) is -0.553. The summed E-state index contributed by atoms with van der Waals surface area (Å²) in [5.41, 5.74) is 7.67. The summed E-state index contributed by atoms with van der Waals surface area (Å²) >= 11 is 0. The highest BCUT2D eigenvalue weighted by atomic mass is 28.4. The average molecular weight is 1110 g/mol. The third-order valence-electron chi connectivity index (χ3n) is 17.0. The maximum absolute atomic E-state index is 15.6. The second-order valence-electron chi connectivity index (χ2n) is 22.6. The van der Waals surface area contributed by atoms with Gasteiger partial charge in [-0.25, -0.2) is 4.39 Å². The van der Waals surface area contributed by atoms with Gasteiger partial charge in [0, 0.05) is 92.3 Å². The van der Waals surface area contributed by atoms with Crippen LogP contribution in [0.25, 0.3) is 11.3 Å². The second-order valence-corrected chi connectivity index (χ2v) is 28.0. The molecule has 80 heavy (non-hydrogen) atoms. The van der Waals surface area contributed by atoms with Crippen molar-refractivity contribution in [3.63, 3.8) is 0 Å². The van der Waals surface area contributed by atoms with Gasteiger partial charge in [-0.05, 0) is 133 Å². The van der Waals surface area contributed by atoms with Crippen LogP contribution in [0.3, 0.4) is 0 Å². The van der Waals surface area contributed by atoms with Gasteiger partial charge in [-0.3, -0.25) is 28.8 Å². The Kier molecular flexibility index (Phi) is 17.2. The number of benzene rings is 4. The van der Waals surface area contributed by atoms with E-state index in [2.05, 4.69) is 52.5 Å². The van der Waals surface area contributed by atoms with E-state index in [1.54, 1.807) is 42.2 Å². The van der Waals surface area contributed by atoms with Crippen molar-refractivity contribution in [3.8, 4) is 28.8 Å². The molecule has 1 fully saturated rings. The summed E-state index contributed by atoms with van der Waals surface area (Å²) in [6.07, 6.45) is 0.955. The van der Waals surface area contributed by atoms with E-state index in [9.17, 15) is 18.8 Å². The summed E-state index contributed by atoms with van der Waals surface area (Å²) in [5.74, 6) is -0.480. The molecule has 0 N–H and O–H groups in total. The Hall–Kier alpha value is -7.13. The molecule has 17 heteroatoms. The number of hydrogen-bond acceptors (Lipinski definition) is 8. The van der Waals surface area contributed by atoms with Crippen LogP contribution < -0.4 is 14.1 Å². The Balaban J connectivity index is 1.06. The topological polar surface area (TPSA) is 126 Å². The van der Waals surface area contributed by atoms with Gasteiger partial charge in [0.15, 0.2) is 0 Å². The summed E-state index contributed by atoms with van der Waals surface area (Å²) in [4.78, 5) is 52.2. The minimum atomic E-state index is -3.05. The number of halogens is 3. The molecule has 6 aromatic rings. The monoisotopic (exact) mass is 1110 g/mol. The number of nitrogens with zero attached hydrogens (tertiary/aromatic N) is 7. The van der Waals surface area contributed by atoms with Gasteiger partial charge in [0.25, 0.3) is 20.1 Å². The van der Waals surface area contributed by atoms with Crippen molar-refractivity contribution in [3.05, 3.63) is 153 Å². The minimum Gasteiger partial charge on any atom is -0.543 e. The first-order valence-electron chi connectivity index (χ1n) is 27.9. The average Bonchev–Trinajstić information content (AvgIpc) is 4.07. The normalized spacial score (nSPS) is 15.8. The molecule has 0 saturated carbocycles. The van der Waals surface area contributed by atoms with Crippen LogP contribution in [0.2, 0.25) is 16.6 Å². The molecule has 0 aliphatic carbocycles. The zero-order chi connectivity index (χ0) is 57.3. The molecular formula is C63H74F3N7O6Si. The van der Waals surface area contributed by atoms with Crippen LogP contribution in [0.5, 0.6) is 11.5 Å². The summed E-state index contributed by atoms with van der Waals surface area (Å²) < 4.78 is 65.8. The van der Waals surface area contributed by atoms with Crippen LogP contribution in [-0.4, -0.2) is 102 Å². The van der Waals surface area contributed by atoms with Gasteiger partial charge in [0.1, 0.15) is 35.7 Å². The van der Waals surface area contributed by atoms with E-state index in [1.165, 1.54) is 29.5 Å². The smallest absolute Gasteiger partial charge is 0.319 e. The Morgan fingerprint density at radius 1 is 0.800 bits per heavy atom. The number of carbonyl (C=O) groups excluding carboxylic acids is 3. The molecule has 1 saturated heterocycles. The molecule has 3 amide bonds. The van der Waals surface area contributed by atoms with Crippen molar-refractivity contribution in [1.82, 2.24) is 23.8 Å². The number of rotatable bonds is 17. The van der Waals surface area contributed by atoms with E-state index < -0.39 is 26.6 Å². The van der Waals surface area contributed by atoms with E-state index in [4.69, 9.17) is 13.9 Å². The molecule has 0 radical (unpaired) electrons. The molecule has 1 atom stereocenters. The fourth-order valence-electron chi connectivity index (χ4n) is 12.5. The fraction of sp³-hybridized carbons (Fsp3) is 0.429. The molecule has 4 aromatic carbocycles. The van der Waals surface area contributed by atoms with Gasteiger partial charge in [0.2, 0.25) is 5.91 Å². The van der Waals surface area contributed by atoms with Crippen molar-refractivity contribution in [2.24, 2.45) is 7.05 Å². The third-order valence-corrected chi connectivity index (χ3v) is 23.0. The predicted octanol–water partition coefficient (Wildman–Crippen LogP) is 12.5. The quantitative estimate of drug-likeness (QED) is 0.0827. The largest absolute Gasteiger partial charge is 0.543 e. The molecule has 5 heterocycles. The molecule has 13 nitrogen and oxygen atoms in total. The van der Waals surface area contributed by atoms with Crippen LogP contribution >= 0.6 is 0 Å². The molecule has 9 rings (SSSR count). The lowest BCUT2D eigenvalue weighted by molar-refractivity contribution is -0.131. The third kappa shape index (κ3) is 11.3. The first-order valence-corrected chi connectivity index (χ1v) is 30.1. The van der Waals surface area contributed by atoms with Crippen LogP contribution in [0.15, 0.2) is 91.0 Å². The number of nitriles is 1. The Labute approximate surface area is 469 Å². The highest BCUT2D eigenvalue weighted by Crippen LogP contribution is 2.44. The molecular weight excluding hydrogens is 1040 g/mol. The number of anilines is 2. The number of aromatic nitrogens is 2. The van der Waals surface area contributed by atoms with Gasteiger partial charge in [-0.1, -0.05) is 71.9 Å². The highest BCUT2D eigenvalue weighted by molar-refractivity contribution is 6.78. The number of amides is 3. The molecule has 0 bridgehead atoms. The number of carbonyl (C=O) groups is 3. The minimum absolute atomic E-state index is 0.0283. The standard InChI is InChI=1S/C63H74F3N7O6Si/c1-39(2)80(40(3)4,41(5)6)79-52-19-16-50(17-20-52)73(58-33-51(36-67)72(44(58)9)63(65)66)62(76)54-35-59(68(10)43(54)8)55-30-46-21-22-70(37-49(46)31-56(55)61(75)71-38-48-14-12-11-13-45(48)29-42(71)7)60(74)32-47-15-18-53(34-57(47)64)78-28-25-69-23-26-77-27-24-69/h11-20,30-31,33-35,39-42,63H,21-29,32,37-38H2,1-10H3/t42-/m1/s1. The van der Waals surface area contributed by atoms with Crippen LogP contribution in [-0.2, 0) is 48.9 Å². The zero-order valence-corrected chi connectivity index (χ0v) is 48.7. The van der Waals surface area contributed by atoms with Crippen LogP contribution in [0.4, 0.5) is 24.5 Å². The number of alkyl halides is 2. The lowest BCUT2D eigenvalue weighted by Crippen LogP contribution is -2.50. The van der Waals surface area contributed by atoms with Crippen molar-refractivity contribution in [2.75, 3.05) is 50.9 Å². The fourth-order valence-corrected chi connectivity index (χ4v) is 17.8. The maximum Gasteiger partial charge on any atom is 0.319 e. The molecule has 0 spiro atoms. The first kappa shape index (κ1) is 57.6. The zero-order valence-electron chi connectivity index (χ0n) is 47.7. The number of morpholine rings is 1. The Morgan fingerprint density at radius 2 is 1.48 bits per heavy atom. The van der Waals surface area contributed by atoms with E-state index >= 15 is 14.0 Å². The molecule has 2 aromatic heterocycles. The van der Waals surface area contributed by atoms with E-state index in [-0.39, 0.29) is 59.0 Å². The van der Waals surface area contributed by atoms with E-state index in [1.807, 2.05) is 72.0 Å². The maximum atomic E-state index is 15.6. The predicted molar refractivity (Wildman–Crippen MR) is 307 cm³/mol. The molecule has 3 aliphatic heterocycles. The number of ether oxygens (including phenoxy) is 2. The van der Waals surface area contributed by atoms with Crippen molar-refractivity contribution >= 4 is 37.4 Å². The molecule has 3 aliphatic rings. The number of fused-ring (bicyclic) bond motifs is 2. The van der Waals surface area contributed by atoms with Gasteiger partial charge in [0.05, 0.1) is 30.9 Å². The van der Waals surface area contributed by atoms with Crippen LogP contribution in [0, 0.1) is 31.0 Å². The highest BCUT2D eigenvalue weighted by Gasteiger charge is 2.47.